The van der Waals surface area contributed by atoms with Crippen LogP contribution in [-0.2, 0) is 11.3 Å². The van der Waals surface area contributed by atoms with E-state index in [4.69, 9.17) is 11.6 Å². The van der Waals surface area contributed by atoms with Crippen molar-refractivity contribution in [1.29, 1.82) is 0 Å². The molecule has 0 radical (unpaired) electrons. The van der Waals surface area contributed by atoms with Crippen LogP contribution in [0.3, 0.4) is 0 Å². The number of halogens is 1. The van der Waals surface area contributed by atoms with Crippen molar-refractivity contribution < 1.29 is 24.6 Å². The second-order valence-corrected chi connectivity index (χ2v) is 5.65. The summed E-state index contributed by atoms with van der Waals surface area (Å²) in [6, 6.07) is 7.29. The van der Waals surface area contributed by atoms with E-state index in [-0.39, 0.29) is 29.0 Å². The van der Waals surface area contributed by atoms with Gasteiger partial charge in [0.15, 0.2) is 0 Å². The van der Waals surface area contributed by atoms with Gasteiger partial charge in [0.2, 0.25) is 11.7 Å². The fourth-order valence-electron chi connectivity index (χ4n) is 2.42. The number of para-hydroxylation sites is 1. The van der Waals surface area contributed by atoms with Gasteiger partial charge in [-0.1, -0.05) is 17.7 Å². The molecule has 26 heavy (non-hydrogen) atoms. The minimum atomic E-state index is -1.38. The maximum atomic E-state index is 12.3. The zero-order valence-corrected chi connectivity index (χ0v) is 13.8. The van der Waals surface area contributed by atoms with Crippen molar-refractivity contribution >= 4 is 46.3 Å². The number of rotatable bonds is 5. The van der Waals surface area contributed by atoms with Gasteiger partial charge in [0.25, 0.3) is 0 Å². The van der Waals surface area contributed by atoms with Crippen molar-refractivity contribution in [2.75, 3.05) is 5.32 Å². The molecule has 0 aliphatic rings. The number of imidazole rings is 1. The number of carbonyl (C=O) groups excluding carboxylic acids is 1. The smallest absolute Gasteiger partial charge is 0.372 e. The lowest BCUT2D eigenvalue weighted by atomic mass is 10.2. The maximum absolute atomic E-state index is 12.3. The summed E-state index contributed by atoms with van der Waals surface area (Å²) >= 11 is 5.72. The molecule has 0 saturated heterocycles. The molecule has 0 aliphatic carbocycles. The van der Waals surface area contributed by atoms with E-state index < -0.39 is 23.7 Å². The van der Waals surface area contributed by atoms with Gasteiger partial charge in [0.05, 0.1) is 16.1 Å². The number of hydrogen-bond donors (Lipinski definition) is 3. The van der Waals surface area contributed by atoms with Crippen LogP contribution in [-0.4, -0.2) is 42.6 Å². The Morgan fingerprint density at radius 3 is 2.50 bits per heavy atom. The van der Waals surface area contributed by atoms with Crippen LogP contribution in [0.2, 0.25) is 5.02 Å². The van der Waals surface area contributed by atoms with Crippen LogP contribution in [0.4, 0.5) is 5.82 Å². The van der Waals surface area contributed by atoms with Gasteiger partial charge in [-0.15, -0.1) is 0 Å². The molecule has 10 heteroatoms. The van der Waals surface area contributed by atoms with Gasteiger partial charge in [-0.25, -0.2) is 19.6 Å². The highest BCUT2D eigenvalue weighted by Crippen LogP contribution is 2.21. The first kappa shape index (κ1) is 17.4. The van der Waals surface area contributed by atoms with Crippen LogP contribution in [0.25, 0.3) is 11.0 Å². The zero-order chi connectivity index (χ0) is 18.8. The third-order valence-electron chi connectivity index (χ3n) is 3.50. The van der Waals surface area contributed by atoms with E-state index in [9.17, 15) is 24.6 Å². The first-order valence-corrected chi connectivity index (χ1v) is 7.62. The Morgan fingerprint density at radius 2 is 1.88 bits per heavy atom. The molecule has 2 aromatic heterocycles. The van der Waals surface area contributed by atoms with Gasteiger partial charge in [-0.2, -0.15) is 0 Å². The molecule has 1 amide bonds. The van der Waals surface area contributed by atoms with Crippen LogP contribution in [0, 0.1) is 0 Å². The highest BCUT2D eigenvalue weighted by Gasteiger charge is 2.22. The van der Waals surface area contributed by atoms with Crippen molar-refractivity contribution in [2.45, 2.75) is 6.54 Å². The Hall–Kier alpha value is -3.46. The second-order valence-electron chi connectivity index (χ2n) is 5.21. The van der Waals surface area contributed by atoms with E-state index in [0.29, 0.717) is 5.02 Å². The number of benzene rings is 1. The molecule has 0 fully saturated rings. The van der Waals surface area contributed by atoms with E-state index in [1.54, 1.807) is 6.07 Å². The fraction of sp³-hybridized carbons (Fsp3) is 0.0625. The standard InChI is InChI=1S/C16H11ClN4O5/c17-8-4-5-11(18-6-8)19-12(22)7-21-10-3-1-2-9(15(23)24)13(10)20-14(21)16(25)26/h1-6H,7H2,(H,23,24)(H,25,26)(H,18,19,22). The van der Waals surface area contributed by atoms with Crippen LogP contribution in [0.1, 0.15) is 21.0 Å². The van der Waals surface area contributed by atoms with E-state index in [2.05, 4.69) is 15.3 Å². The normalized spacial score (nSPS) is 10.7. The number of hydrogen-bond acceptors (Lipinski definition) is 5. The van der Waals surface area contributed by atoms with Crippen molar-refractivity contribution in [3.63, 3.8) is 0 Å². The molecule has 132 valence electrons. The van der Waals surface area contributed by atoms with Crippen molar-refractivity contribution in [2.24, 2.45) is 0 Å². The zero-order valence-electron chi connectivity index (χ0n) is 13.0. The molecule has 3 aromatic rings. The Morgan fingerprint density at radius 1 is 1.12 bits per heavy atom. The number of carbonyl (C=O) groups is 3. The molecule has 0 atom stereocenters. The lowest BCUT2D eigenvalue weighted by molar-refractivity contribution is -0.116. The Labute approximate surface area is 150 Å². The lowest BCUT2D eigenvalue weighted by Gasteiger charge is -2.08. The monoisotopic (exact) mass is 374 g/mol. The molecule has 0 aliphatic heterocycles. The highest BCUT2D eigenvalue weighted by atomic mass is 35.5. The molecule has 3 rings (SSSR count). The van der Waals surface area contributed by atoms with Crippen LogP contribution in [0.15, 0.2) is 36.5 Å². The summed E-state index contributed by atoms with van der Waals surface area (Å²) in [6.07, 6.45) is 1.35. The summed E-state index contributed by atoms with van der Waals surface area (Å²) in [7, 11) is 0. The van der Waals surface area contributed by atoms with E-state index in [1.807, 2.05) is 0 Å². The summed E-state index contributed by atoms with van der Waals surface area (Å²) < 4.78 is 1.13. The van der Waals surface area contributed by atoms with Crippen molar-refractivity contribution in [3.05, 3.63) is 52.9 Å². The fourth-order valence-corrected chi connectivity index (χ4v) is 2.53. The van der Waals surface area contributed by atoms with Gasteiger partial charge in [-0.05, 0) is 24.3 Å². The summed E-state index contributed by atoms with van der Waals surface area (Å²) in [5, 5.41) is 21.5. The molecule has 1 aromatic carbocycles. The minimum absolute atomic E-state index is 0.00480. The predicted octanol–water partition coefficient (Wildman–Crippen LogP) is 2.12. The summed E-state index contributed by atoms with van der Waals surface area (Å²) in [4.78, 5) is 42.8. The van der Waals surface area contributed by atoms with E-state index in [1.165, 1.54) is 30.5 Å². The number of carboxylic acid groups (broad SMARTS) is 2. The molecule has 0 spiro atoms. The van der Waals surface area contributed by atoms with Gasteiger partial charge in [0.1, 0.15) is 17.9 Å². The Balaban J connectivity index is 1.98. The third kappa shape index (κ3) is 3.33. The van der Waals surface area contributed by atoms with Crippen molar-refractivity contribution in [1.82, 2.24) is 14.5 Å². The molecule has 9 nitrogen and oxygen atoms in total. The lowest BCUT2D eigenvalue weighted by Crippen LogP contribution is -2.22. The Kier molecular flexibility index (Phi) is 4.55. The molecule has 0 bridgehead atoms. The number of carboxylic acids is 2. The number of aromatic carboxylic acids is 2. The number of aromatic nitrogens is 3. The SMILES string of the molecule is O=C(Cn1c(C(=O)O)nc2c(C(=O)O)cccc21)Nc1ccc(Cl)cn1. The molecular weight excluding hydrogens is 364 g/mol. The summed E-state index contributed by atoms with van der Waals surface area (Å²) in [5.74, 6) is -3.37. The number of nitrogens with one attached hydrogen (secondary N) is 1. The van der Waals surface area contributed by atoms with Gasteiger partial charge >= 0.3 is 11.9 Å². The molecular formula is C16H11ClN4O5. The quantitative estimate of drug-likeness (QED) is 0.622. The number of fused-ring (bicyclic) bond motifs is 1. The number of pyridine rings is 1. The molecule has 3 N–H and O–H groups in total. The van der Waals surface area contributed by atoms with E-state index in [0.717, 1.165) is 4.57 Å². The van der Waals surface area contributed by atoms with Gasteiger partial charge < -0.3 is 20.1 Å². The number of anilines is 1. The average Bonchev–Trinajstić information content (AvgIpc) is 2.95. The minimum Gasteiger partial charge on any atom is -0.478 e. The third-order valence-corrected chi connectivity index (χ3v) is 3.72. The summed E-state index contributed by atoms with van der Waals surface area (Å²) in [5.41, 5.74) is 0.0693. The maximum Gasteiger partial charge on any atom is 0.372 e. The topological polar surface area (TPSA) is 134 Å². The summed E-state index contributed by atoms with van der Waals surface area (Å²) in [6.45, 7) is -0.383. The Bertz CT molecular complexity index is 1030. The van der Waals surface area contributed by atoms with Crippen LogP contribution >= 0.6 is 11.6 Å². The first-order chi connectivity index (χ1) is 12.4. The molecule has 2 heterocycles. The number of amides is 1. The van der Waals surface area contributed by atoms with Crippen LogP contribution < -0.4 is 5.32 Å². The van der Waals surface area contributed by atoms with Gasteiger partial charge in [0, 0.05) is 6.20 Å². The molecule has 0 saturated carbocycles. The van der Waals surface area contributed by atoms with Crippen molar-refractivity contribution in [3.8, 4) is 0 Å². The molecule has 0 unspecified atom stereocenters. The largest absolute Gasteiger partial charge is 0.478 e. The average molecular weight is 375 g/mol. The first-order valence-electron chi connectivity index (χ1n) is 7.24. The van der Waals surface area contributed by atoms with Crippen LogP contribution in [0.5, 0.6) is 0 Å². The second kappa shape index (κ2) is 6.81. The van der Waals surface area contributed by atoms with Gasteiger partial charge in [-0.3, -0.25) is 4.79 Å². The van der Waals surface area contributed by atoms with E-state index >= 15 is 0 Å². The predicted molar refractivity (Wildman–Crippen MR) is 91.5 cm³/mol. The highest BCUT2D eigenvalue weighted by molar-refractivity contribution is 6.30. The number of nitrogens with zero attached hydrogens (tertiary/aromatic N) is 3.